The molecule has 0 aliphatic carbocycles. The average molecular weight is 342 g/mol. The molecule has 23 heavy (non-hydrogen) atoms. The number of nitrogens with one attached hydrogen (secondary N) is 1. The summed E-state index contributed by atoms with van der Waals surface area (Å²) in [5.74, 6) is 0.313. The summed E-state index contributed by atoms with van der Waals surface area (Å²) in [5, 5.41) is 0. The lowest BCUT2D eigenvalue weighted by molar-refractivity contribution is -0.139. The average Bonchev–Trinajstić information content (AvgIpc) is 2.53. The Kier molecular flexibility index (Phi) is 5.61. The third-order valence-corrected chi connectivity index (χ3v) is 5.18. The zero-order valence-corrected chi connectivity index (χ0v) is 14.3. The largest absolute Gasteiger partial charge is 0.497 e. The van der Waals surface area contributed by atoms with E-state index in [-0.39, 0.29) is 16.9 Å². The van der Waals surface area contributed by atoms with Crippen molar-refractivity contribution in [3.05, 3.63) is 24.3 Å². The normalized spacial score (nSPS) is 20.1. The van der Waals surface area contributed by atoms with Gasteiger partial charge in [0.1, 0.15) is 5.75 Å². The highest BCUT2D eigenvalue weighted by atomic mass is 32.2. The van der Waals surface area contributed by atoms with Gasteiger partial charge in [0.25, 0.3) is 0 Å². The van der Waals surface area contributed by atoms with E-state index in [1.54, 1.807) is 24.0 Å². The molecule has 1 fully saturated rings. The first kappa shape index (κ1) is 17.7. The first-order valence-corrected chi connectivity index (χ1v) is 8.88. The summed E-state index contributed by atoms with van der Waals surface area (Å²) in [4.78, 5) is 14.1. The molecule has 8 heteroatoms. The first-order valence-electron chi connectivity index (χ1n) is 7.40. The molecular weight excluding hydrogens is 320 g/mol. The van der Waals surface area contributed by atoms with Crippen molar-refractivity contribution in [2.24, 2.45) is 0 Å². The molecule has 1 N–H and O–H groups in total. The molecule has 1 saturated heterocycles. The molecule has 0 radical (unpaired) electrons. The van der Waals surface area contributed by atoms with E-state index in [1.807, 2.05) is 6.92 Å². The predicted molar refractivity (Wildman–Crippen MR) is 84.8 cm³/mol. The number of nitrogens with zero attached hydrogens (tertiary/aromatic N) is 1. The lowest BCUT2D eigenvalue weighted by atomic mass is 10.2. The fourth-order valence-corrected chi connectivity index (χ4v) is 3.60. The van der Waals surface area contributed by atoms with Crippen LogP contribution >= 0.6 is 0 Å². The third kappa shape index (κ3) is 4.43. The van der Waals surface area contributed by atoms with Crippen molar-refractivity contribution in [2.45, 2.75) is 30.9 Å². The van der Waals surface area contributed by atoms with Crippen LogP contribution in [-0.2, 0) is 19.6 Å². The summed E-state index contributed by atoms with van der Waals surface area (Å²) in [5.41, 5.74) is 0. The number of hydrogen-bond donors (Lipinski definition) is 1. The van der Waals surface area contributed by atoms with Gasteiger partial charge in [-0.15, -0.1) is 0 Å². The maximum Gasteiger partial charge on any atom is 0.241 e. The number of amides is 1. The van der Waals surface area contributed by atoms with Gasteiger partial charge in [0.05, 0.1) is 30.8 Å². The Morgan fingerprint density at radius 2 is 2.04 bits per heavy atom. The van der Waals surface area contributed by atoms with Gasteiger partial charge in [-0.05, 0) is 38.1 Å². The van der Waals surface area contributed by atoms with Gasteiger partial charge in [-0.3, -0.25) is 4.79 Å². The molecule has 7 nitrogen and oxygen atoms in total. The van der Waals surface area contributed by atoms with Gasteiger partial charge in [0.2, 0.25) is 15.9 Å². The minimum absolute atomic E-state index is 0.0434. The van der Waals surface area contributed by atoms with Gasteiger partial charge >= 0.3 is 0 Å². The number of carbonyl (C=O) groups excluding carboxylic acids is 1. The minimum Gasteiger partial charge on any atom is -0.497 e. The standard InChI is InChI=1S/C15H22N2O5S/c1-11-10-17(8-9-22-11)15(18)12(2)16-23(19,20)14-6-4-13(21-3)5-7-14/h4-7,11-12,16H,8-10H2,1-3H3/t11-,12+/m0/s1. The molecule has 1 heterocycles. The van der Waals surface area contributed by atoms with E-state index >= 15 is 0 Å². The van der Waals surface area contributed by atoms with E-state index in [0.717, 1.165) is 0 Å². The number of rotatable bonds is 5. The summed E-state index contributed by atoms with van der Waals surface area (Å²) >= 11 is 0. The van der Waals surface area contributed by atoms with Gasteiger partial charge in [0.15, 0.2) is 0 Å². The van der Waals surface area contributed by atoms with Crippen molar-refractivity contribution in [1.82, 2.24) is 9.62 Å². The smallest absolute Gasteiger partial charge is 0.241 e. The molecule has 0 unspecified atom stereocenters. The fraction of sp³-hybridized carbons (Fsp3) is 0.533. The molecule has 1 aromatic carbocycles. The second kappa shape index (κ2) is 7.29. The molecule has 2 rings (SSSR count). The highest BCUT2D eigenvalue weighted by Crippen LogP contribution is 2.16. The molecule has 2 atom stereocenters. The number of ether oxygens (including phenoxy) is 2. The number of sulfonamides is 1. The van der Waals surface area contributed by atoms with E-state index in [1.165, 1.54) is 19.2 Å². The number of hydrogen-bond acceptors (Lipinski definition) is 5. The van der Waals surface area contributed by atoms with E-state index in [9.17, 15) is 13.2 Å². The molecule has 1 aromatic rings. The zero-order chi connectivity index (χ0) is 17.0. The number of carbonyl (C=O) groups is 1. The molecule has 1 aliphatic heterocycles. The molecule has 0 bridgehead atoms. The van der Waals surface area contributed by atoms with Crippen molar-refractivity contribution >= 4 is 15.9 Å². The van der Waals surface area contributed by atoms with Crippen LogP contribution in [0.15, 0.2) is 29.2 Å². The lowest BCUT2D eigenvalue weighted by Gasteiger charge is -2.33. The third-order valence-electron chi connectivity index (χ3n) is 3.62. The minimum atomic E-state index is -3.77. The SMILES string of the molecule is COc1ccc(S(=O)(=O)N[C@H](C)C(=O)N2CCO[C@@H](C)C2)cc1. The Morgan fingerprint density at radius 1 is 1.39 bits per heavy atom. The lowest BCUT2D eigenvalue weighted by Crippen LogP contribution is -2.52. The Labute approximate surface area is 136 Å². The highest BCUT2D eigenvalue weighted by Gasteiger charge is 2.28. The summed E-state index contributed by atoms with van der Waals surface area (Å²) in [7, 11) is -2.26. The van der Waals surface area contributed by atoms with Crippen molar-refractivity contribution in [1.29, 1.82) is 0 Å². The molecule has 1 amide bonds. The molecule has 1 aliphatic rings. The van der Waals surface area contributed by atoms with Crippen LogP contribution in [0.3, 0.4) is 0 Å². The zero-order valence-electron chi connectivity index (χ0n) is 13.5. The number of benzene rings is 1. The van der Waals surface area contributed by atoms with Crippen LogP contribution in [0.1, 0.15) is 13.8 Å². The summed E-state index contributed by atoms with van der Waals surface area (Å²) in [6.45, 7) is 4.82. The fourth-order valence-electron chi connectivity index (χ4n) is 2.40. The Balaban J connectivity index is 2.04. The van der Waals surface area contributed by atoms with E-state index in [0.29, 0.717) is 25.4 Å². The van der Waals surface area contributed by atoms with Gasteiger partial charge in [0, 0.05) is 13.1 Å². The second-order valence-electron chi connectivity index (χ2n) is 5.48. The van der Waals surface area contributed by atoms with Crippen LogP contribution in [-0.4, -0.2) is 58.2 Å². The van der Waals surface area contributed by atoms with Crippen molar-refractivity contribution < 1.29 is 22.7 Å². The van der Waals surface area contributed by atoms with Crippen LogP contribution in [0.5, 0.6) is 5.75 Å². The van der Waals surface area contributed by atoms with Crippen LogP contribution in [0.2, 0.25) is 0 Å². The Hall–Kier alpha value is -1.64. The van der Waals surface area contributed by atoms with E-state index in [2.05, 4.69) is 4.72 Å². The van der Waals surface area contributed by atoms with Crippen molar-refractivity contribution in [3.63, 3.8) is 0 Å². The van der Waals surface area contributed by atoms with Crippen LogP contribution in [0.25, 0.3) is 0 Å². The van der Waals surface area contributed by atoms with Crippen molar-refractivity contribution in [2.75, 3.05) is 26.8 Å². The molecule has 128 valence electrons. The topological polar surface area (TPSA) is 84.9 Å². The van der Waals surface area contributed by atoms with Gasteiger partial charge in [-0.2, -0.15) is 4.72 Å². The molecular formula is C15H22N2O5S. The molecule has 0 aromatic heterocycles. The van der Waals surface area contributed by atoms with Crippen LogP contribution < -0.4 is 9.46 Å². The van der Waals surface area contributed by atoms with Crippen LogP contribution in [0, 0.1) is 0 Å². The monoisotopic (exact) mass is 342 g/mol. The molecule has 0 spiro atoms. The second-order valence-corrected chi connectivity index (χ2v) is 7.20. The van der Waals surface area contributed by atoms with Gasteiger partial charge in [-0.1, -0.05) is 0 Å². The van der Waals surface area contributed by atoms with E-state index in [4.69, 9.17) is 9.47 Å². The predicted octanol–water partition coefficient (Wildman–Crippen LogP) is 0.609. The number of morpholine rings is 1. The summed E-state index contributed by atoms with van der Waals surface area (Å²) in [6.07, 6.45) is -0.0434. The van der Waals surface area contributed by atoms with E-state index < -0.39 is 16.1 Å². The Bertz CT molecular complexity index is 644. The van der Waals surface area contributed by atoms with Gasteiger partial charge in [-0.25, -0.2) is 8.42 Å². The summed E-state index contributed by atoms with van der Waals surface area (Å²) in [6, 6.07) is 5.16. The maximum atomic E-state index is 12.4. The quantitative estimate of drug-likeness (QED) is 0.847. The Morgan fingerprint density at radius 3 is 2.61 bits per heavy atom. The summed E-state index contributed by atoms with van der Waals surface area (Å²) < 4.78 is 37.5. The molecule has 0 saturated carbocycles. The highest BCUT2D eigenvalue weighted by molar-refractivity contribution is 7.89. The first-order chi connectivity index (χ1) is 10.8. The van der Waals surface area contributed by atoms with Crippen molar-refractivity contribution in [3.8, 4) is 5.75 Å². The van der Waals surface area contributed by atoms with Gasteiger partial charge < -0.3 is 14.4 Å². The van der Waals surface area contributed by atoms with Crippen LogP contribution in [0.4, 0.5) is 0 Å². The maximum absolute atomic E-state index is 12.4. The number of methoxy groups -OCH3 is 1.